The van der Waals surface area contributed by atoms with E-state index in [1.54, 1.807) is 13.8 Å². The van der Waals surface area contributed by atoms with Crippen molar-refractivity contribution in [2.24, 2.45) is 5.92 Å². The second-order valence-electron chi connectivity index (χ2n) is 4.04. The molecule has 1 aliphatic heterocycles. The smallest absolute Gasteiger partial charge is 0.326 e. The molecule has 0 aromatic carbocycles. The van der Waals surface area contributed by atoms with Crippen LogP contribution in [0.3, 0.4) is 0 Å². The van der Waals surface area contributed by atoms with Crippen molar-refractivity contribution in [1.82, 2.24) is 4.90 Å². The van der Waals surface area contributed by atoms with E-state index in [0.717, 1.165) is 12.8 Å². The molecule has 1 aliphatic rings. The first-order chi connectivity index (χ1) is 6.54. The lowest BCUT2D eigenvalue weighted by Crippen LogP contribution is -2.49. The van der Waals surface area contributed by atoms with Gasteiger partial charge in [0.05, 0.1) is 0 Å². The lowest BCUT2D eigenvalue weighted by atomic mass is 10.0. The van der Waals surface area contributed by atoms with E-state index in [0.29, 0.717) is 13.0 Å². The molecule has 0 saturated carbocycles. The Morgan fingerprint density at radius 1 is 1.36 bits per heavy atom. The number of amides is 1. The molecule has 1 amide bonds. The number of carbonyl (C=O) groups excluding carboxylic acids is 1. The van der Waals surface area contributed by atoms with Gasteiger partial charge in [-0.1, -0.05) is 13.8 Å². The van der Waals surface area contributed by atoms with Crippen molar-refractivity contribution in [3.05, 3.63) is 0 Å². The molecule has 1 heterocycles. The zero-order valence-corrected chi connectivity index (χ0v) is 8.69. The molecule has 1 saturated heterocycles. The molecule has 0 bridgehead atoms. The molecule has 0 spiro atoms. The van der Waals surface area contributed by atoms with Crippen molar-refractivity contribution in [3.63, 3.8) is 0 Å². The van der Waals surface area contributed by atoms with Gasteiger partial charge in [-0.25, -0.2) is 4.79 Å². The molecule has 4 nitrogen and oxygen atoms in total. The van der Waals surface area contributed by atoms with Crippen molar-refractivity contribution in [3.8, 4) is 0 Å². The standard InChI is InChI=1S/C10H17NO3/c1-7(2)9(12)11-6-4-3-5-8(11)10(13)14/h7-8H,3-6H2,1-2H3,(H,13,14)/t8-/m1/s1. The largest absolute Gasteiger partial charge is 0.480 e. The second-order valence-corrected chi connectivity index (χ2v) is 4.04. The number of carboxylic acids is 1. The van der Waals surface area contributed by atoms with E-state index in [1.807, 2.05) is 0 Å². The van der Waals surface area contributed by atoms with E-state index < -0.39 is 12.0 Å². The van der Waals surface area contributed by atoms with Crippen molar-refractivity contribution in [2.75, 3.05) is 6.54 Å². The summed E-state index contributed by atoms with van der Waals surface area (Å²) < 4.78 is 0. The molecule has 80 valence electrons. The zero-order valence-electron chi connectivity index (χ0n) is 8.69. The summed E-state index contributed by atoms with van der Waals surface area (Å²) >= 11 is 0. The fourth-order valence-electron chi connectivity index (χ4n) is 1.78. The summed E-state index contributed by atoms with van der Waals surface area (Å²) in [6.45, 7) is 4.19. The molecule has 1 atom stereocenters. The SMILES string of the molecule is CC(C)C(=O)N1CCCC[C@@H]1C(=O)O. The average Bonchev–Trinajstić information content (AvgIpc) is 2.16. The predicted molar refractivity (Wildman–Crippen MR) is 51.8 cm³/mol. The first kappa shape index (κ1) is 11.0. The van der Waals surface area contributed by atoms with E-state index >= 15 is 0 Å². The van der Waals surface area contributed by atoms with Crippen LogP contribution in [0.5, 0.6) is 0 Å². The van der Waals surface area contributed by atoms with Gasteiger partial charge in [0.15, 0.2) is 0 Å². The molecular formula is C10H17NO3. The van der Waals surface area contributed by atoms with Crippen LogP contribution >= 0.6 is 0 Å². The summed E-state index contributed by atoms with van der Waals surface area (Å²) in [5.41, 5.74) is 0. The number of piperidine rings is 1. The average molecular weight is 199 g/mol. The van der Waals surface area contributed by atoms with Crippen LogP contribution in [0.15, 0.2) is 0 Å². The topological polar surface area (TPSA) is 57.6 Å². The van der Waals surface area contributed by atoms with Crippen molar-refractivity contribution < 1.29 is 14.7 Å². The minimum absolute atomic E-state index is 0.0444. The highest BCUT2D eigenvalue weighted by Crippen LogP contribution is 2.19. The van der Waals surface area contributed by atoms with Gasteiger partial charge in [-0.05, 0) is 19.3 Å². The highest BCUT2D eigenvalue weighted by atomic mass is 16.4. The third-order valence-corrected chi connectivity index (χ3v) is 2.56. The third-order valence-electron chi connectivity index (χ3n) is 2.56. The number of carbonyl (C=O) groups is 2. The van der Waals surface area contributed by atoms with Crippen LogP contribution in [0.1, 0.15) is 33.1 Å². The number of nitrogens with zero attached hydrogens (tertiary/aromatic N) is 1. The molecule has 1 fully saturated rings. The van der Waals surface area contributed by atoms with Crippen LogP contribution in [-0.2, 0) is 9.59 Å². The summed E-state index contributed by atoms with van der Waals surface area (Å²) in [6.07, 6.45) is 2.41. The normalized spacial score (nSPS) is 22.5. The monoisotopic (exact) mass is 199 g/mol. The Hall–Kier alpha value is -1.06. The number of rotatable bonds is 2. The highest BCUT2D eigenvalue weighted by Gasteiger charge is 2.32. The number of hydrogen-bond donors (Lipinski definition) is 1. The van der Waals surface area contributed by atoms with Crippen LogP contribution in [0, 0.1) is 5.92 Å². The van der Waals surface area contributed by atoms with Gasteiger partial charge in [0.25, 0.3) is 0 Å². The fraction of sp³-hybridized carbons (Fsp3) is 0.800. The Morgan fingerprint density at radius 2 is 2.00 bits per heavy atom. The van der Waals surface area contributed by atoms with Crippen LogP contribution in [-0.4, -0.2) is 34.5 Å². The molecule has 4 heteroatoms. The number of likely N-dealkylation sites (tertiary alicyclic amines) is 1. The Morgan fingerprint density at radius 3 is 2.50 bits per heavy atom. The first-order valence-corrected chi connectivity index (χ1v) is 5.07. The molecule has 0 unspecified atom stereocenters. The van der Waals surface area contributed by atoms with Crippen LogP contribution in [0.25, 0.3) is 0 Å². The van der Waals surface area contributed by atoms with Crippen molar-refractivity contribution in [1.29, 1.82) is 0 Å². The molecule has 0 aliphatic carbocycles. The molecule has 0 aromatic heterocycles. The maximum atomic E-state index is 11.7. The maximum absolute atomic E-state index is 11.7. The molecular weight excluding hydrogens is 182 g/mol. The molecule has 0 aromatic rings. The van der Waals surface area contributed by atoms with Crippen molar-refractivity contribution in [2.45, 2.75) is 39.2 Å². The molecule has 14 heavy (non-hydrogen) atoms. The summed E-state index contributed by atoms with van der Waals surface area (Å²) in [6, 6.07) is -0.598. The molecule has 1 rings (SSSR count). The summed E-state index contributed by atoms with van der Waals surface area (Å²) in [5, 5.41) is 8.95. The minimum atomic E-state index is -0.876. The van der Waals surface area contributed by atoms with Gasteiger partial charge in [-0.2, -0.15) is 0 Å². The van der Waals surface area contributed by atoms with E-state index in [9.17, 15) is 9.59 Å². The van der Waals surface area contributed by atoms with Crippen LogP contribution < -0.4 is 0 Å². The number of aliphatic carboxylic acids is 1. The fourth-order valence-corrected chi connectivity index (χ4v) is 1.78. The van der Waals surface area contributed by atoms with Crippen molar-refractivity contribution >= 4 is 11.9 Å². The number of carboxylic acid groups (broad SMARTS) is 1. The molecule has 1 N–H and O–H groups in total. The lowest BCUT2D eigenvalue weighted by molar-refractivity contribution is -0.153. The number of hydrogen-bond acceptors (Lipinski definition) is 2. The Labute approximate surface area is 83.9 Å². The predicted octanol–water partition coefficient (Wildman–Crippen LogP) is 1.11. The summed E-state index contributed by atoms with van der Waals surface area (Å²) in [5.74, 6) is -1.04. The van der Waals surface area contributed by atoms with Gasteiger partial charge in [0.1, 0.15) is 6.04 Å². The quantitative estimate of drug-likeness (QED) is 0.724. The minimum Gasteiger partial charge on any atom is -0.480 e. The van der Waals surface area contributed by atoms with E-state index in [2.05, 4.69) is 0 Å². The molecule has 0 radical (unpaired) electrons. The second kappa shape index (κ2) is 4.44. The van der Waals surface area contributed by atoms with Gasteiger partial charge in [0.2, 0.25) is 5.91 Å². The first-order valence-electron chi connectivity index (χ1n) is 5.07. The van der Waals surface area contributed by atoms with Crippen LogP contribution in [0.2, 0.25) is 0 Å². The van der Waals surface area contributed by atoms with E-state index in [1.165, 1.54) is 4.90 Å². The van der Waals surface area contributed by atoms with E-state index in [4.69, 9.17) is 5.11 Å². The van der Waals surface area contributed by atoms with Gasteiger partial charge in [-0.3, -0.25) is 4.79 Å². The van der Waals surface area contributed by atoms with Gasteiger partial charge in [0, 0.05) is 12.5 Å². The highest BCUT2D eigenvalue weighted by molar-refractivity contribution is 5.84. The van der Waals surface area contributed by atoms with Gasteiger partial charge in [-0.15, -0.1) is 0 Å². The van der Waals surface area contributed by atoms with Gasteiger partial charge >= 0.3 is 5.97 Å². The summed E-state index contributed by atoms with van der Waals surface area (Å²) in [7, 11) is 0. The third kappa shape index (κ3) is 2.25. The van der Waals surface area contributed by atoms with Crippen LogP contribution in [0.4, 0.5) is 0 Å². The Bertz CT molecular complexity index is 238. The maximum Gasteiger partial charge on any atom is 0.326 e. The Balaban J connectivity index is 2.72. The summed E-state index contributed by atoms with van der Waals surface area (Å²) in [4.78, 5) is 24.1. The zero-order chi connectivity index (χ0) is 10.7. The lowest BCUT2D eigenvalue weighted by Gasteiger charge is -2.34. The Kier molecular flexibility index (Phi) is 3.49. The van der Waals surface area contributed by atoms with E-state index in [-0.39, 0.29) is 11.8 Å². The van der Waals surface area contributed by atoms with Gasteiger partial charge < -0.3 is 10.0 Å².